The van der Waals surface area contributed by atoms with Crippen LogP contribution >= 0.6 is 0 Å². The highest BCUT2D eigenvalue weighted by atomic mass is 16.3. The lowest BCUT2D eigenvalue weighted by Gasteiger charge is -2.20. The quantitative estimate of drug-likeness (QED) is 0.0497. The molecule has 4 N–H and O–H groups in total. The van der Waals surface area contributed by atoms with Gasteiger partial charge in [-0.25, -0.2) is 0 Å². The first-order chi connectivity index (χ1) is 20.5. The fourth-order valence-electron chi connectivity index (χ4n) is 4.84. The van der Waals surface area contributed by atoms with Crippen molar-refractivity contribution in [1.29, 1.82) is 0 Å². The molecule has 0 spiro atoms. The molecule has 5 heteroatoms. The molecule has 0 fully saturated rings. The maximum Gasteiger partial charge on any atom is 0.223 e. The molecular formula is C37H67NO4. The van der Waals surface area contributed by atoms with Crippen LogP contribution < -0.4 is 5.32 Å². The van der Waals surface area contributed by atoms with E-state index in [2.05, 4.69) is 49.5 Å². The molecule has 0 bridgehead atoms. The molecule has 0 aromatic carbocycles. The molecule has 0 heterocycles. The van der Waals surface area contributed by atoms with Gasteiger partial charge in [0.2, 0.25) is 5.91 Å². The number of aliphatic hydroxyl groups is 3. The number of allylic oxidation sites excluding steroid dienone is 6. The van der Waals surface area contributed by atoms with E-state index in [1.54, 1.807) is 6.08 Å². The Kier molecular flexibility index (Phi) is 30.9. The summed E-state index contributed by atoms with van der Waals surface area (Å²) in [4.78, 5) is 12.2. The minimum Gasteiger partial charge on any atom is -0.394 e. The highest BCUT2D eigenvalue weighted by Gasteiger charge is 2.19. The van der Waals surface area contributed by atoms with Crippen LogP contribution in [-0.2, 0) is 4.79 Å². The summed E-state index contributed by atoms with van der Waals surface area (Å²) in [6.07, 6.45) is 39.8. The number of aliphatic hydroxyl groups excluding tert-OH is 3. The molecule has 3 atom stereocenters. The SMILES string of the molecule is CCCCCC/C=C\CC(O)CC(=O)NC(CO)C(O)/C=C/CC/C=C/CC/C=C/CCCCCCCCCCCC. The van der Waals surface area contributed by atoms with Crippen LogP contribution in [0.25, 0.3) is 0 Å². The lowest BCUT2D eigenvalue weighted by Crippen LogP contribution is -2.45. The van der Waals surface area contributed by atoms with E-state index < -0.39 is 18.2 Å². The van der Waals surface area contributed by atoms with E-state index in [1.807, 2.05) is 12.2 Å². The second kappa shape index (κ2) is 32.2. The molecule has 0 aromatic heterocycles. The van der Waals surface area contributed by atoms with Crippen molar-refractivity contribution in [3.63, 3.8) is 0 Å². The summed E-state index contributed by atoms with van der Waals surface area (Å²) in [5.74, 6) is -0.370. The fourth-order valence-corrected chi connectivity index (χ4v) is 4.84. The molecule has 1 amide bonds. The number of hydrogen-bond acceptors (Lipinski definition) is 4. The molecule has 0 aliphatic carbocycles. The number of carbonyl (C=O) groups is 1. The molecule has 3 unspecified atom stereocenters. The van der Waals surface area contributed by atoms with Gasteiger partial charge in [-0.3, -0.25) is 4.79 Å². The predicted octanol–water partition coefficient (Wildman–Crippen LogP) is 9.03. The van der Waals surface area contributed by atoms with Crippen LogP contribution in [0.5, 0.6) is 0 Å². The second-order valence-corrected chi connectivity index (χ2v) is 11.8. The van der Waals surface area contributed by atoms with Gasteiger partial charge in [0.25, 0.3) is 0 Å². The first-order valence-electron chi connectivity index (χ1n) is 17.4. The van der Waals surface area contributed by atoms with Gasteiger partial charge in [-0.05, 0) is 57.8 Å². The van der Waals surface area contributed by atoms with E-state index in [0.717, 1.165) is 38.5 Å². The summed E-state index contributed by atoms with van der Waals surface area (Å²) in [6.45, 7) is 4.10. The Balaban J connectivity index is 3.84. The van der Waals surface area contributed by atoms with Crippen LogP contribution in [0.15, 0.2) is 48.6 Å². The highest BCUT2D eigenvalue weighted by molar-refractivity contribution is 5.76. The van der Waals surface area contributed by atoms with Crippen LogP contribution in [-0.4, -0.2) is 46.1 Å². The molecule has 5 nitrogen and oxygen atoms in total. The van der Waals surface area contributed by atoms with Crippen molar-refractivity contribution in [2.45, 2.75) is 173 Å². The Hall–Kier alpha value is -1.69. The van der Waals surface area contributed by atoms with Gasteiger partial charge in [0.1, 0.15) is 0 Å². The van der Waals surface area contributed by atoms with E-state index in [4.69, 9.17) is 0 Å². The maximum atomic E-state index is 12.2. The third-order valence-corrected chi connectivity index (χ3v) is 7.57. The van der Waals surface area contributed by atoms with Crippen molar-refractivity contribution in [3.05, 3.63) is 48.6 Å². The summed E-state index contributed by atoms with van der Waals surface area (Å²) in [5.41, 5.74) is 0. The normalized spacial score (nSPS) is 14.5. The van der Waals surface area contributed by atoms with Crippen molar-refractivity contribution < 1.29 is 20.1 Å². The van der Waals surface area contributed by atoms with E-state index in [0.29, 0.717) is 6.42 Å². The molecule has 0 rings (SSSR count). The number of nitrogens with one attached hydrogen (secondary N) is 1. The standard InChI is InChI=1S/C37H67NO4/c1-3-5-7-9-11-12-13-14-15-16-17-18-19-20-21-22-23-25-27-29-31-36(41)35(33-39)38-37(42)32-34(40)30-28-26-24-10-8-6-4-2/h18-19,22-23,26,28-29,31,34-36,39-41H,3-17,20-21,24-25,27,30,32-33H2,1-2H3,(H,38,42)/b19-18+,23-22+,28-26-,31-29+. The van der Waals surface area contributed by atoms with Gasteiger partial charge < -0.3 is 20.6 Å². The van der Waals surface area contributed by atoms with Crippen LogP contribution in [0.4, 0.5) is 0 Å². The van der Waals surface area contributed by atoms with Crippen LogP contribution in [0.2, 0.25) is 0 Å². The molecule has 0 saturated carbocycles. The molecule has 42 heavy (non-hydrogen) atoms. The summed E-state index contributed by atoms with van der Waals surface area (Å²) in [5, 5.41) is 32.7. The molecule has 0 aromatic rings. The monoisotopic (exact) mass is 590 g/mol. The van der Waals surface area contributed by atoms with Crippen molar-refractivity contribution in [2.75, 3.05) is 6.61 Å². The lowest BCUT2D eigenvalue weighted by molar-refractivity contribution is -0.124. The fraction of sp³-hybridized carbons (Fsp3) is 0.757. The van der Waals surface area contributed by atoms with E-state index in [1.165, 1.54) is 89.9 Å². The molecular weight excluding hydrogens is 522 g/mol. The molecule has 0 aliphatic heterocycles. The zero-order valence-electron chi connectivity index (χ0n) is 27.4. The number of amides is 1. The van der Waals surface area contributed by atoms with Gasteiger partial charge in [-0.2, -0.15) is 0 Å². The van der Waals surface area contributed by atoms with E-state index in [-0.39, 0.29) is 18.9 Å². The average Bonchev–Trinajstić information content (AvgIpc) is 2.98. The summed E-state index contributed by atoms with van der Waals surface area (Å²) < 4.78 is 0. The van der Waals surface area contributed by atoms with Crippen molar-refractivity contribution in [3.8, 4) is 0 Å². The lowest BCUT2D eigenvalue weighted by atomic mass is 10.1. The Bertz CT molecular complexity index is 700. The van der Waals surface area contributed by atoms with Crippen molar-refractivity contribution in [2.24, 2.45) is 0 Å². The van der Waals surface area contributed by atoms with Crippen molar-refractivity contribution >= 4 is 5.91 Å². The summed E-state index contributed by atoms with van der Waals surface area (Å²) in [7, 11) is 0. The minimum atomic E-state index is -0.969. The number of carbonyl (C=O) groups excluding carboxylic acids is 1. The van der Waals surface area contributed by atoms with Gasteiger partial charge in [-0.15, -0.1) is 0 Å². The number of unbranched alkanes of at least 4 members (excludes halogenated alkanes) is 16. The molecule has 0 aliphatic rings. The first-order valence-corrected chi connectivity index (χ1v) is 17.4. The Morgan fingerprint density at radius 3 is 1.55 bits per heavy atom. The van der Waals surface area contributed by atoms with Crippen molar-refractivity contribution in [1.82, 2.24) is 5.32 Å². The van der Waals surface area contributed by atoms with Gasteiger partial charge >= 0.3 is 0 Å². The maximum absolute atomic E-state index is 12.2. The predicted molar refractivity (Wildman–Crippen MR) is 181 cm³/mol. The van der Waals surface area contributed by atoms with Gasteiger partial charge in [0, 0.05) is 0 Å². The summed E-state index contributed by atoms with van der Waals surface area (Å²) >= 11 is 0. The smallest absolute Gasteiger partial charge is 0.223 e. The minimum absolute atomic E-state index is 0.0492. The number of rotatable bonds is 30. The average molecular weight is 590 g/mol. The third kappa shape index (κ3) is 28.4. The van der Waals surface area contributed by atoms with Gasteiger partial charge in [0.05, 0.1) is 31.3 Å². The highest BCUT2D eigenvalue weighted by Crippen LogP contribution is 2.12. The second-order valence-electron chi connectivity index (χ2n) is 11.8. The Labute approximate surface area is 259 Å². The topological polar surface area (TPSA) is 89.8 Å². The summed E-state index contributed by atoms with van der Waals surface area (Å²) in [6, 6.07) is -0.780. The Morgan fingerprint density at radius 2 is 1.02 bits per heavy atom. The van der Waals surface area contributed by atoms with Gasteiger partial charge in [-0.1, -0.05) is 140 Å². The zero-order chi connectivity index (χ0) is 30.9. The largest absolute Gasteiger partial charge is 0.394 e. The number of hydrogen-bond donors (Lipinski definition) is 4. The third-order valence-electron chi connectivity index (χ3n) is 7.57. The molecule has 244 valence electrons. The van der Waals surface area contributed by atoms with Crippen LogP contribution in [0, 0.1) is 0 Å². The first kappa shape index (κ1) is 40.3. The Morgan fingerprint density at radius 1 is 0.595 bits per heavy atom. The molecule has 0 radical (unpaired) electrons. The zero-order valence-corrected chi connectivity index (χ0v) is 27.4. The van der Waals surface area contributed by atoms with E-state index >= 15 is 0 Å². The molecule has 0 saturated heterocycles. The van der Waals surface area contributed by atoms with Crippen LogP contribution in [0.3, 0.4) is 0 Å². The van der Waals surface area contributed by atoms with Gasteiger partial charge in [0.15, 0.2) is 0 Å². The van der Waals surface area contributed by atoms with E-state index in [9.17, 15) is 20.1 Å². The van der Waals surface area contributed by atoms with Crippen LogP contribution in [0.1, 0.15) is 155 Å².